The number of nitrogens with one attached hydrogen (secondary N) is 1. The van der Waals surface area contributed by atoms with Gasteiger partial charge >= 0.3 is 0 Å². The highest BCUT2D eigenvalue weighted by molar-refractivity contribution is 5.81. The number of likely N-dealkylation sites (N-methyl/N-ethyl adjacent to an activating group) is 1. The Morgan fingerprint density at radius 1 is 1.73 bits per heavy atom. The molecule has 1 amide bonds. The van der Waals surface area contributed by atoms with Crippen molar-refractivity contribution in [2.24, 2.45) is 0 Å². The first-order valence-electron chi connectivity index (χ1n) is 5.30. The van der Waals surface area contributed by atoms with Gasteiger partial charge in [0, 0.05) is 20.7 Å². The molecule has 15 heavy (non-hydrogen) atoms. The summed E-state index contributed by atoms with van der Waals surface area (Å²) in [6.07, 6.45) is 1.33. The Hall–Kier alpha value is -0.650. The van der Waals surface area contributed by atoms with E-state index in [2.05, 4.69) is 5.32 Å². The molecule has 2 N–H and O–H groups in total. The molecule has 0 aliphatic carbocycles. The van der Waals surface area contributed by atoms with Gasteiger partial charge in [-0.25, -0.2) is 0 Å². The van der Waals surface area contributed by atoms with Crippen molar-refractivity contribution in [1.82, 2.24) is 10.2 Å². The lowest BCUT2D eigenvalue weighted by atomic mass is 10.2. The molecule has 0 bridgehead atoms. The van der Waals surface area contributed by atoms with E-state index in [1.54, 1.807) is 11.9 Å². The molecule has 1 rings (SSSR count). The smallest absolute Gasteiger partial charge is 0.239 e. The second-order valence-electron chi connectivity index (χ2n) is 3.98. The summed E-state index contributed by atoms with van der Waals surface area (Å²) in [6, 6.07) is -0.0651. The molecule has 1 unspecified atom stereocenters. The van der Waals surface area contributed by atoms with Crippen LogP contribution in [0.5, 0.6) is 0 Å². The van der Waals surface area contributed by atoms with Gasteiger partial charge in [-0.2, -0.15) is 0 Å². The van der Waals surface area contributed by atoms with Crippen LogP contribution in [0.2, 0.25) is 0 Å². The van der Waals surface area contributed by atoms with Crippen LogP contribution in [0.1, 0.15) is 12.8 Å². The summed E-state index contributed by atoms with van der Waals surface area (Å²) in [6.45, 7) is 1.49. The van der Waals surface area contributed by atoms with Gasteiger partial charge in [-0.1, -0.05) is 0 Å². The van der Waals surface area contributed by atoms with Crippen molar-refractivity contribution in [2.45, 2.75) is 25.0 Å². The van der Waals surface area contributed by atoms with E-state index in [0.717, 1.165) is 19.4 Å². The third-order valence-electron chi connectivity index (χ3n) is 2.58. The minimum absolute atomic E-state index is 0.0580. The van der Waals surface area contributed by atoms with E-state index in [1.165, 1.54) is 7.11 Å². The van der Waals surface area contributed by atoms with Crippen LogP contribution in [-0.4, -0.2) is 61.9 Å². The van der Waals surface area contributed by atoms with Crippen LogP contribution >= 0.6 is 0 Å². The maximum atomic E-state index is 11.8. The van der Waals surface area contributed by atoms with Gasteiger partial charge in [0.1, 0.15) is 0 Å². The zero-order valence-corrected chi connectivity index (χ0v) is 9.40. The van der Waals surface area contributed by atoms with Crippen molar-refractivity contribution in [2.75, 3.05) is 33.9 Å². The Balaban J connectivity index is 2.31. The molecular weight excluding hydrogens is 196 g/mol. The number of ether oxygens (including phenoxy) is 1. The average Bonchev–Trinajstić information content (AvgIpc) is 2.69. The number of hydrogen-bond donors (Lipinski definition) is 2. The zero-order chi connectivity index (χ0) is 11.3. The van der Waals surface area contributed by atoms with Crippen LogP contribution in [-0.2, 0) is 9.53 Å². The normalized spacial score (nSPS) is 22.7. The summed E-state index contributed by atoms with van der Waals surface area (Å²) in [5.41, 5.74) is 0. The molecule has 0 aromatic rings. The number of hydrogen-bond acceptors (Lipinski definition) is 4. The molecule has 1 aliphatic heterocycles. The summed E-state index contributed by atoms with van der Waals surface area (Å²) in [5.74, 6) is 0.0580. The molecule has 1 heterocycles. The minimum Gasteiger partial charge on any atom is -0.389 e. The van der Waals surface area contributed by atoms with E-state index in [-0.39, 0.29) is 18.6 Å². The van der Waals surface area contributed by atoms with Crippen LogP contribution in [0.15, 0.2) is 0 Å². The highest BCUT2D eigenvalue weighted by Gasteiger charge is 2.25. The molecule has 1 fully saturated rings. The number of methoxy groups -OCH3 is 1. The summed E-state index contributed by atoms with van der Waals surface area (Å²) in [7, 11) is 3.24. The Bertz CT molecular complexity index is 205. The number of aliphatic hydroxyl groups excluding tert-OH is 1. The quantitative estimate of drug-likeness (QED) is 0.632. The molecule has 2 atom stereocenters. The van der Waals surface area contributed by atoms with E-state index in [9.17, 15) is 9.90 Å². The van der Waals surface area contributed by atoms with Crippen molar-refractivity contribution < 1.29 is 14.6 Å². The third-order valence-corrected chi connectivity index (χ3v) is 2.58. The van der Waals surface area contributed by atoms with Gasteiger partial charge in [0.25, 0.3) is 0 Å². The van der Waals surface area contributed by atoms with Gasteiger partial charge in [0.05, 0.1) is 18.8 Å². The van der Waals surface area contributed by atoms with Gasteiger partial charge in [-0.05, 0) is 19.4 Å². The van der Waals surface area contributed by atoms with Crippen LogP contribution in [0.25, 0.3) is 0 Å². The van der Waals surface area contributed by atoms with Crippen molar-refractivity contribution in [3.63, 3.8) is 0 Å². The van der Waals surface area contributed by atoms with Crippen LogP contribution in [0, 0.1) is 0 Å². The van der Waals surface area contributed by atoms with Gasteiger partial charge in [-0.3, -0.25) is 4.79 Å². The van der Waals surface area contributed by atoms with E-state index in [1.807, 2.05) is 0 Å². The molecule has 5 heteroatoms. The number of carbonyl (C=O) groups is 1. The fraction of sp³-hybridized carbons (Fsp3) is 0.900. The van der Waals surface area contributed by atoms with Crippen molar-refractivity contribution in [3.8, 4) is 0 Å². The molecule has 88 valence electrons. The van der Waals surface area contributed by atoms with Crippen molar-refractivity contribution >= 4 is 5.91 Å². The minimum atomic E-state index is -0.606. The first kappa shape index (κ1) is 12.4. The molecule has 1 saturated heterocycles. The fourth-order valence-corrected chi connectivity index (χ4v) is 1.81. The maximum Gasteiger partial charge on any atom is 0.239 e. The van der Waals surface area contributed by atoms with Gasteiger partial charge < -0.3 is 20.1 Å². The summed E-state index contributed by atoms with van der Waals surface area (Å²) in [5, 5.41) is 12.6. The first-order chi connectivity index (χ1) is 7.15. The van der Waals surface area contributed by atoms with Crippen LogP contribution in [0.4, 0.5) is 0 Å². The van der Waals surface area contributed by atoms with E-state index < -0.39 is 6.10 Å². The number of aliphatic hydroxyl groups is 1. The SMILES string of the molecule is COCC(O)CN(C)C(=O)[C@@H]1CCCN1. The molecule has 0 spiro atoms. The average molecular weight is 216 g/mol. The van der Waals surface area contributed by atoms with Gasteiger partial charge in [0.2, 0.25) is 5.91 Å². The van der Waals surface area contributed by atoms with Crippen LogP contribution < -0.4 is 5.32 Å². The van der Waals surface area contributed by atoms with E-state index in [0.29, 0.717) is 6.54 Å². The third kappa shape index (κ3) is 3.77. The summed E-state index contributed by atoms with van der Waals surface area (Å²) < 4.78 is 4.81. The van der Waals surface area contributed by atoms with Crippen molar-refractivity contribution in [3.05, 3.63) is 0 Å². The number of nitrogens with zero attached hydrogens (tertiary/aromatic N) is 1. The first-order valence-corrected chi connectivity index (χ1v) is 5.30. The van der Waals surface area contributed by atoms with Crippen LogP contribution in [0.3, 0.4) is 0 Å². The maximum absolute atomic E-state index is 11.8. The zero-order valence-electron chi connectivity index (χ0n) is 9.40. The lowest BCUT2D eigenvalue weighted by molar-refractivity contribution is -0.133. The Morgan fingerprint density at radius 3 is 3.00 bits per heavy atom. The van der Waals surface area contributed by atoms with Gasteiger partial charge in [-0.15, -0.1) is 0 Å². The Labute approximate surface area is 90.4 Å². The Morgan fingerprint density at radius 2 is 2.47 bits per heavy atom. The second kappa shape index (κ2) is 6.05. The highest BCUT2D eigenvalue weighted by atomic mass is 16.5. The second-order valence-corrected chi connectivity index (χ2v) is 3.98. The number of rotatable bonds is 5. The predicted octanol–water partition coefficient (Wildman–Crippen LogP) is -0.796. The van der Waals surface area contributed by atoms with E-state index in [4.69, 9.17) is 4.74 Å². The molecule has 5 nitrogen and oxygen atoms in total. The monoisotopic (exact) mass is 216 g/mol. The molecule has 0 aromatic carbocycles. The highest BCUT2D eigenvalue weighted by Crippen LogP contribution is 2.07. The topological polar surface area (TPSA) is 61.8 Å². The van der Waals surface area contributed by atoms with Crippen molar-refractivity contribution in [1.29, 1.82) is 0 Å². The molecule has 0 saturated carbocycles. The summed E-state index contributed by atoms with van der Waals surface area (Å²) in [4.78, 5) is 13.4. The van der Waals surface area contributed by atoms with E-state index >= 15 is 0 Å². The lowest BCUT2D eigenvalue weighted by Gasteiger charge is -2.23. The summed E-state index contributed by atoms with van der Waals surface area (Å²) >= 11 is 0. The lowest BCUT2D eigenvalue weighted by Crippen LogP contribution is -2.45. The molecular formula is C10H20N2O3. The molecule has 1 aliphatic rings. The van der Waals surface area contributed by atoms with Gasteiger partial charge in [0.15, 0.2) is 0 Å². The molecule has 0 aromatic heterocycles. The number of amides is 1. The fourth-order valence-electron chi connectivity index (χ4n) is 1.81. The standard InChI is InChI=1S/C10H20N2O3/c1-12(6-8(13)7-15-2)10(14)9-4-3-5-11-9/h8-9,11,13H,3-7H2,1-2H3/t8?,9-/m0/s1. The Kier molecular flexibility index (Phi) is 5.01. The largest absolute Gasteiger partial charge is 0.389 e. The predicted molar refractivity (Wildman–Crippen MR) is 56.5 cm³/mol. The molecule has 0 radical (unpaired) electrons. The number of carbonyl (C=O) groups excluding carboxylic acids is 1.